The van der Waals surface area contributed by atoms with Gasteiger partial charge in [0.2, 0.25) is 5.91 Å². The highest BCUT2D eigenvalue weighted by Crippen LogP contribution is 2.36. The van der Waals surface area contributed by atoms with E-state index >= 15 is 0 Å². The van der Waals surface area contributed by atoms with Gasteiger partial charge in [-0.3, -0.25) is 4.79 Å². The molecule has 1 fully saturated rings. The molecule has 0 aliphatic heterocycles. The van der Waals surface area contributed by atoms with Crippen LogP contribution in [0, 0.1) is 11.8 Å². The van der Waals surface area contributed by atoms with Crippen molar-refractivity contribution >= 4 is 5.91 Å². The molecule has 0 aromatic carbocycles. The van der Waals surface area contributed by atoms with Crippen LogP contribution in [0.4, 0.5) is 0 Å². The Morgan fingerprint density at radius 2 is 2.36 bits per heavy atom. The second kappa shape index (κ2) is 5.32. The highest BCUT2D eigenvalue weighted by Gasteiger charge is 2.32. The Labute approximate surface area is 85.2 Å². The quantitative estimate of drug-likeness (QED) is 0.640. The minimum Gasteiger partial charge on any atom is -0.385 e. The predicted molar refractivity (Wildman–Crippen MR) is 54.7 cm³/mol. The van der Waals surface area contributed by atoms with Gasteiger partial charge in [0, 0.05) is 20.3 Å². The van der Waals surface area contributed by atoms with E-state index in [1.54, 1.807) is 7.11 Å². The standard InChI is InChI=1S/C10H20N2O2/c1-7-5-8(7)6-12-10(13)9(11)3-4-14-2/h7-9H,3-6,11H2,1-2H3,(H,12,13). The van der Waals surface area contributed by atoms with Gasteiger partial charge in [0.05, 0.1) is 6.04 Å². The summed E-state index contributed by atoms with van der Waals surface area (Å²) in [6, 6.07) is -0.427. The van der Waals surface area contributed by atoms with Gasteiger partial charge in [0.25, 0.3) is 0 Å². The maximum atomic E-state index is 11.4. The fourth-order valence-corrected chi connectivity index (χ4v) is 1.42. The summed E-state index contributed by atoms with van der Waals surface area (Å²) < 4.78 is 4.86. The SMILES string of the molecule is COCCC(N)C(=O)NCC1CC1C. The minimum atomic E-state index is -0.427. The summed E-state index contributed by atoms with van der Waals surface area (Å²) in [7, 11) is 1.61. The Morgan fingerprint density at radius 1 is 1.71 bits per heavy atom. The molecule has 1 aliphatic rings. The Kier molecular flexibility index (Phi) is 4.35. The number of hydrogen-bond acceptors (Lipinski definition) is 3. The first-order valence-electron chi connectivity index (χ1n) is 5.17. The summed E-state index contributed by atoms with van der Waals surface area (Å²) >= 11 is 0. The van der Waals surface area contributed by atoms with Crippen LogP contribution in [0.5, 0.6) is 0 Å². The van der Waals surface area contributed by atoms with Crippen molar-refractivity contribution in [2.75, 3.05) is 20.3 Å². The van der Waals surface area contributed by atoms with E-state index in [2.05, 4.69) is 12.2 Å². The van der Waals surface area contributed by atoms with E-state index in [1.165, 1.54) is 6.42 Å². The van der Waals surface area contributed by atoms with E-state index in [-0.39, 0.29) is 5.91 Å². The molecule has 0 radical (unpaired) electrons. The maximum absolute atomic E-state index is 11.4. The lowest BCUT2D eigenvalue weighted by molar-refractivity contribution is -0.122. The van der Waals surface area contributed by atoms with E-state index in [0.29, 0.717) is 18.9 Å². The topological polar surface area (TPSA) is 64.3 Å². The second-order valence-electron chi connectivity index (χ2n) is 4.11. The zero-order valence-corrected chi connectivity index (χ0v) is 8.95. The normalized spacial score (nSPS) is 27.1. The zero-order chi connectivity index (χ0) is 10.6. The molecule has 0 spiro atoms. The minimum absolute atomic E-state index is 0.0545. The lowest BCUT2D eigenvalue weighted by Gasteiger charge is -2.11. The van der Waals surface area contributed by atoms with Crippen molar-refractivity contribution in [3.8, 4) is 0 Å². The van der Waals surface area contributed by atoms with E-state index < -0.39 is 6.04 Å². The van der Waals surface area contributed by atoms with Gasteiger partial charge in [-0.15, -0.1) is 0 Å². The number of amides is 1. The van der Waals surface area contributed by atoms with Crippen LogP contribution in [0.15, 0.2) is 0 Å². The second-order valence-corrected chi connectivity index (χ2v) is 4.11. The molecule has 3 N–H and O–H groups in total. The van der Waals surface area contributed by atoms with Crippen LogP contribution < -0.4 is 11.1 Å². The molecular weight excluding hydrogens is 180 g/mol. The van der Waals surface area contributed by atoms with E-state index in [4.69, 9.17) is 10.5 Å². The number of rotatable bonds is 6. The first-order chi connectivity index (χ1) is 6.65. The molecule has 1 rings (SSSR count). The predicted octanol–water partition coefficient (Wildman–Crippen LogP) is 0.122. The van der Waals surface area contributed by atoms with Crippen molar-refractivity contribution in [1.29, 1.82) is 0 Å². The van der Waals surface area contributed by atoms with Gasteiger partial charge in [-0.1, -0.05) is 6.92 Å². The monoisotopic (exact) mass is 200 g/mol. The summed E-state index contributed by atoms with van der Waals surface area (Å²) in [5.41, 5.74) is 5.65. The van der Waals surface area contributed by atoms with Crippen molar-refractivity contribution in [3.63, 3.8) is 0 Å². The molecule has 4 heteroatoms. The van der Waals surface area contributed by atoms with Crippen LogP contribution >= 0.6 is 0 Å². The van der Waals surface area contributed by atoms with E-state index in [0.717, 1.165) is 12.5 Å². The summed E-state index contributed by atoms with van der Waals surface area (Å²) in [6.45, 7) is 3.51. The molecular formula is C10H20N2O2. The average molecular weight is 200 g/mol. The van der Waals surface area contributed by atoms with Gasteiger partial charge < -0.3 is 15.8 Å². The zero-order valence-electron chi connectivity index (χ0n) is 8.95. The van der Waals surface area contributed by atoms with Crippen LogP contribution in [0.2, 0.25) is 0 Å². The molecule has 14 heavy (non-hydrogen) atoms. The van der Waals surface area contributed by atoms with Crippen LogP contribution in [0.3, 0.4) is 0 Å². The Balaban J connectivity index is 2.07. The van der Waals surface area contributed by atoms with Gasteiger partial charge in [0.1, 0.15) is 0 Å². The lowest BCUT2D eigenvalue weighted by Crippen LogP contribution is -2.42. The Hall–Kier alpha value is -0.610. The molecule has 1 saturated carbocycles. The highest BCUT2D eigenvalue weighted by molar-refractivity contribution is 5.81. The number of methoxy groups -OCH3 is 1. The first-order valence-corrected chi connectivity index (χ1v) is 5.17. The van der Waals surface area contributed by atoms with Gasteiger partial charge in [-0.25, -0.2) is 0 Å². The van der Waals surface area contributed by atoms with E-state index in [1.807, 2.05) is 0 Å². The molecule has 0 saturated heterocycles. The van der Waals surface area contributed by atoms with Crippen molar-refractivity contribution in [2.24, 2.45) is 17.6 Å². The van der Waals surface area contributed by atoms with Crippen LogP contribution in [0.25, 0.3) is 0 Å². The molecule has 0 aromatic rings. The fourth-order valence-electron chi connectivity index (χ4n) is 1.42. The molecule has 0 aromatic heterocycles. The molecule has 1 amide bonds. The number of carbonyl (C=O) groups is 1. The molecule has 82 valence electrons. The third-order valence-electron chi connectivity index (χ3n) is 2.78. The number of ether oxygens (including phenoxy) is 1. The van der Waals surface area contributed by atoms with Crippen LogP contribution in [-0.4, -0.2) is 32.2 Å². The van der Waals surface area contributed by atoms with Crippen molar-refractivity contribution < 1.29 is 9.53 Å². The lowest BCUT2D eigenvalue weighted by atomic mass is 10.2. The summed E-state index contributed by atoms with van der Waals surface area (Å²) in [5.74, 6) is 1.39. The van der Waals surface area contributed by atoms with Crippen molar-refractivity contribution in [1.82, 2.24) is 5.32 Å². The first kappa shape index (κ1) is 11.5. The molecule has 1 aliphatic carbocycles. The van der Waals surface area contributed by atoms with Crippen LogP contribution in [-0.2, 0) is 9.53 Å². The molecule has 4 nitrogen and oxygen atoms in total. The molecule has 3 unspecified atom stereocenters. The maximum Gasteiger partial charge on any atom is 0.237 e. The number of carbonyl (C=O) groups excluding carboxylic acids is 1. The van der Waals surface area contributed by atoms with Gasteiger partial charge in [-0.05, 0) is 24.7 Å². The molecule has 3 atom stereocenters. The van der Waals surface area contributed by atoms with Crippen molar-refractivity contribution in [3.05, 3.63) is 0 Å². The van der Waals surface area contributed by atoms with Gasteiger partial charge in [-0.2, -0.15) is 0 Å². The summed E-state index contributed by atoms with van der Waals surface area (Å²) in [6.07, 6.45) is 1.82. The van der Waals surface area contributed by atoms with Gasteiger partial charge in [0.15, 0.2) is 0 Å². The number of hydrogen-bond donors (Lipinski definition) is 2. The van der Waals surface area contributed by atoms with Gasteiger partial charge >= 0.3 is 0 Å². The smallest absolute Gasteiger partial charge is 0.237 e. The average Bonchev–Trinajstić information content (AvgIpc) is 2.87. The fraction of sp³-hybridized carbons (Fsp3) is 0.900. The van der Waals surface area contributed by atoms with E-state index in [9.17, 15) is 4.79 Å². The Bertz CT molecular complexity index is 197. The third kappa shape index (κ3) is 3.64. The summed E-state index contributed by atoms with van der Waals surface area (Å²) in [4.78, 5) is 11.4. The van der Waals surface area contributed by atoms with Crippen molar-refractivity contribution in [2.45, 2.75) is 25.8 Å². The molecule has 0 bridgehead atoms. The Morgan fingerprint density at radius 3 is 2.86 bits per heavy atom. The molecule has 0 heterocycles. The van der Waals surface area contributed by atoms with Crippen LogP contribution in [0.1, 0.15) is 19.8 Å². The summed E-state index contributed by atoms with van der Waals surface area (Å²) in [5, 5.41) is 2.86. The largest absolute Gasteiger partial charge is 0.385 e. The highest BCUT2D eigenvalue weighted by atomic mass is 16.5. The number of nitrogens with one attached hydrogen (secondary N) is 1. The third-order valence-corrected chi connectivity index (χ3v) is 2.78. The number of nitrogens with two attached hydrogens (primary N) is 1.